The van der Waals surface area contributed by atoms with E-state index in [9.17, 15) is 9.59 Å². The van der Waals surface area contributed by atoms with E-state index in [1.807, 2.05) is 16.7 Å². The molecule has 1 aromatic rings. The summed E-state index contributed by atoms with van der Waals surface area (Å²) < 4.78 is 7.09. The minimum atomic E-state index is 0.0122. The summed E-state index contributed by atoms with van der Waals surface area (Å²) in [5, 5.41) is 8.72. The lowest BCUT2D eigenvalue weighted by Gasteiger charge is -2.36. The summed E-state index contributed by atoms with van der Waals surface area (Å²) in [6, 6.07) is 0.0122. The lowest BCUT2D eigenvalue weighted by atomic mass is 10.0. The van der Waals surface area contributed by atoms with Gasteiger partial charge in [-0.1, -0.05) is 6.92 Å². The van der Waals surface area contributed by atoms with Crippen LogP contribution in [0.3, 0.4) is 0 Å². The molecule has 25 heavy (non-hydrogen) atoms. The van der Waals surface area contributed by atoms with Gasteiger partial charge in [0.2, 0.25) is 11.8 Å². The second kappa shape index (κ2) is 7.95. The number of amides is 2. The summed E-state index contributed by atoms with van der Waals surface area (Å²) in [5.41, 5.74) is 0. The second-order valence-corrected chi connectivity index (χ2v) is 6.64. The minimum Gasteiger partial charge on any atom is -0.384 e. The summed E-state index contributed by atoms with van der Waals surface area (Å²) in [6.07, 6.45) is 3.98. The van der Waals surface area contributed by atoms with Crippen LogP contribution < -0.4 is 0 Å². The Bertz CT molecular complexity index is 630. The van der Waals surface area contributed by atoms with Gasteiger partial charge in [-0.3, -0.25) is 9.59 Å². The summed E-state index contributed by atoms with van der Waals surface area (Å²) in [7, 11) is 1.60. The number of rotatable bonds is 5. The zero-order valence-corrected chi connectivity index (χ0v) is 15.1. The highest BCUT2D eigenvalue weighted by Crippen LogP contribution is 2.31. The van der Waals surface area contributed by atoms with Crippen molar-refractivity contribution in [3.63, 3.8) is 0 Å². The molecule has 2 aliphatic heterocycles. The molecule has 0 aromatic carbocycles. The van der Waals surface area contributed by atoms with Crippen molar-refractivity contribution in [2.45, 2.75) is 58.2 Å². The zero-order chi connectivity index (χ0) is 17.8. The summed E-state index contributed by atoms with van der Waals surface area (Å²) in [6.45, 7) is 4.93. The van der Waals surface area contributed by atoms with Crippen molar-refractivity contribution in [1.82, 2.24) is 24.6 Å². The Hall–Kier alpha value is -1.96. The standard InChI is InChI=1S/C17H27N5O3/c1-3-15(23)21-8-5-4-6-13(21)17-19-18-14-12-20(9-10-22(14)17)16(24)7-11-25-2/h13H,3-12H2,1-2H3. The first-order valence-electron chi connectivity index (χ1n) is 9.13. The first-order chi connectivity index (χ1) is 12.2. The summed E-state index contributed by atoms with van der Waals surface area (Å²) >= 11 is 0. The fourth-order valence-electron chi connectivity index (χ4n) is 3.69. The van der Waals surface area contributed by atoms with Gasteiger partial charge < -0.3 is 19.1 Å². The average molecular weight is 349 g/mol. The third-order valence-corrected chi connectivity index (χ3v) is 5.08. The fourth-order valence-corrected chi connectivity index (χ4v) is 3.69. The molecule has 0 bridgehead atoms. The van der Waals surface area contributed by atoms with Crippen LogP contribution in [0.2, 0.25) is 0 Å². The fraction of sp³-hybridized carbons (Fsp3) is 0.765. The van der Waals surface area contributed by atoms with Gasteiger partial charge in [-0.15, -0.1) is 10.2 Å². The van der Waals surface area contributed by atoms with Crippen molar-refractivity contribution < 1.29 is 14.3 Å². The Morgan fingerprint density at radius 1 is 1.16 bits per heavy atom. The SMILES string of the molecule is CCC(=O)N1CCCCC1c1nnc2n1CCN(C(=O)CCOC)C2. The quantitative estimate of drug-likeness (QED) is 0.796. The maximum absolute atomic E-state index is 12.3. The summed E-state index contributed by atoms with van der Waals surface area (Å²) in [4.78, 5) is 28.2. The number of carbonyl (C=O) groups is 2. The predicted octanol–water partition coefficient (Wildman–Crippen LogP) is 1.12. The molecule has 1 saturated heterocycles. The Labute approximate surface area is 148 Å². The second-order valence-electron chi connectivity index (χ2n) is 6.64. The number of fused-ring (bicyclic) bond motifs is 1. The monoisotopic (exact) mass is 349 g/mol. The van der Waals surface area contributed by atoms with Gasteiger partial charge in [0.25, 0.3) is 0 Å². The molecule has 1 unspecified atom stereocenters. The molecule has 138 valence electrons. The molecule has 0 radical (unpaired) electrons. The number of likely N-dealkylation sites (tertiary alicyclic amines) is 1. The molecule has 1 aromatic heterocycles. The molecule has 0 saturated carbocycles. The molecule has 0 aliphatic carbocycles. The minimum absolute atomic E-state index is 0.0122. The molecule has 1 atom stereocenters. The van der Waals surface area contributed by atoms with Gasteiger partial charge in [-0.25, -0.2) is 0 Å². The van der Waals surface area contributed by atoms with Gasteiger partial charge in [0.05, 0.1) is 25.6 Å². The normalized spacial score (nSPS) is 20.5. The first-order valence-corrected chi connectivity index (χ1v) is 9.13. The highest BCUT2D eigenvalue weighted by Gasteiger charge is 2.33. The van der Waals surface area contributed by atoms with Crippen LogP contribution in [0.25, 0.3) is 0 Å². The van der Waals surface area contributed by atoms with E-state index in [2.05, 4.69) is 14.8 Å². The largest absolute Gasteiger partial charge is 0.384 e. The van der Waals surface area contributed by atoms with Crippen molar-refractivity contribution in [3.8, 4) is 0 Å². The summed E-state index contributed by atoms with van der Waals surface area (Å²) in [5.74, 6) is 1.94. The van der Waals surface area contributed by atoms with Crippen molar-refractivity contribution in [2.24, 2.45) is 0 Å². The van der Waals surface area contributed by atoms with Crippen LogP contribution in [0.1, 0.15) is 56.7 Å². The van der Waals surface area contributed by atoms with Crippen molar-refractivity contribution in [3.05, 3.63) is 11.6 Å². The van der Waals surface area contributed by atoms with E-state index < -0.39 is 0 Å². The smallest absolute Gasteiger partial charge is 0.225 e. The number of piperidine rings is 1. The third kappa shape index (κ3) is 3.68. The van der Waals surface area contributed by atoms with Crippen LogP contribution in [0.15, 0.2) is 0 Å². The van der Waals surface area contributed by atoms with Gasteiger partial charge in [0.15, 0.2) is 11.6 Å². The number of hydrogen-bond donors (Lipinski definition) is 0. The lowest BCUT2D eigenvalue weighted by Crippen LogP contribution is -2.42. The average Bonchev–Trinajstić information content (AvgIpc) is 3.08. The Kier molecular flexibility index (Phi) is 5.67. The van der Waals surface area contributed by atoms with Crippen molar-refractivity contribution in [2.75, 3.05) is 26.8 Å². The number of aromatic nitrogens is 3. The molecular formula is C17H27N5O3. The Balaban J connectivity index is 1.75. The van der Waals surface area contributed by atoms with E-state index in [0.29, 0.717) is 39.1 Å². The number of nitrogens with zero attached hydrogens (tertiary/aromatic N) is 5. The molecule has 3 heterocycles. The van der Waals surface area contributed by atoms with Crippen LogP contribution >= 0.6 is 0 Å². The number of methoxy groups -OCH3 is 1. The van der Waals surface area contributed by atoms with E-state index in [-0.39, 0.29) is 17.9 Å². The molecule has 1 fully saturated rings. The van der Waals surface area contributed by atoms with Gasteiger partial charge in [-0.05, 0) is 19.3 Å². The van der Waals surface area contributed by atoms with Crippen LogP contribution in [0.4, 0.5) is 0 Å². The van der Waals surface area contributed by atoms with E-state index in [1.54, 1.807) is 7.11 Å². The van der Waals surface area contributed by atoms with E-state index >= 15 is 0 Å². The molecular weight excluding hydrogens is 322 g/mol. The Morgan fingerprint density at radius 3 is 2.76 bits per heavy atom. The molecule has 0 spiro atoms. The van der Waals surface area contributed by atoms with E-state index in [1.165, 1.54) is 0 Å². The van der Waals surface area contributed by atoms with Gasteiger partial charge in [-0.2, -0.15) is 0 Å². The van der Waals surface area contributed by atoms with Gasteiger partial charge in [0, 0.05) is 33.2 Å². The van der Waals surface area contributed by atoms with Crippen LogP contribution in [-0.4, -0.2) is 63.2 Å². The first kappa shape index (κ1) is 17.8. The zero-order valence-electron chi connectivity index (χ0n) is 15.1. The topological polar surface area (TPSA) is 80.6 Å². The maximum Gasteiger partial charge on any atom is 0.225 e. The molecule has 3 rings (SSSR count). The highest BCUT2D eigenvalue weighted by atomic mass is 16.5. The molecule has 2 aliphatic rings. The van der Waals surface area contributed by atoms with Crippen LogP contribution in [0, 0.1) is 0 Å². The van der Waals surface area contributed by atoms with E-state index in [0.717, 1.165) is 37.5 Å². The maximum atomic E-state index is 12.3. The molecule has 8 heteroatoms. The molecule has 2 amide bonds. The van der Waals surface area contributed by atoms with Crippen LogP contribution in [-0.2, 0) is 27.4 Å². The number of carbonyl (C=O) groups excluding carboxylic acids is 2. The number of hydrogen-bond acceptors (Lipinski definition) is 5. The molecule has 0 N–H and O–H groups in total. The van der Waals surface area contributed by atoms with Gasteiger partial charge >= 0.3 is 0 Å². The highest BCUT2D eigenvalue weighted by molar-refractivity contribution is 5.76. The number of ether oxygens (including phenoxy) is 1. The van der Waals surface area contributed by atoms with Crippen molar-refractivity contribution >= 4 is 11.8 Å². The van der Waals surface area contributed by atoms with Crippen molar-refractivity contribution in [1.29, 1.82) is 0 Å². The lowest BCUT2D eigenvalue weighted by molar-refractivity contribution is -0.135. The van der Waals surface area contributed by atoms with E-state index in [4.69, 9.17) is 4.74 Å². The van der Waals surface area contributed by atoms with Gasteiger partial charge in [0.1, 0.15) is 0 Å². The van der Waals surface area contributed by atoms with Crippen LogP contribution in [0.5, 0.6) is 0 Å². The molecule has 8 nitrogen and oxygen atoms in total. The predicted molar refractivity (Wildman–Crippen MR) is 90.5 cm³/mol. The third-order valence-electron chi connectivity index (χ3n) is 5.08. The Morgan fingerprint density at radius 2 is 2.00 bits per heavy atom.